The summed E-state index contributed by atoms with van der Waals surface area (Å²) in [7, 11) is 0. The van der Waals surface area contributed by atoms with Crippen LogP contribution in [0.2, 0.25) is 0 Å². The molecule has 22 heavy (non-hydrogen) atoms. The lowest BCUT2D eigenvalue weighted by molar-refractivity contribution is -0.120. The Morgan fingerprint density at radius 3 is 2.59 bits per heavy atom. The molecule has 114 valence electrons. The first kappa shape index (κ1) is 13.6. The number of hydrogen-bond donors (Lipinski definition) is 0. The van der Waals surface area contributed by atoms with Crippen molar-refractivity contribution in [1.82, 2.24) is 4.90 Å². The van der Waals surface area contributed by atoms with Gasteiger partial charge in [0.1, 0.15) is 11.5 Å². The molecular formula is C18H20N2O2. The second kappa shape index (κ2) is 5.29. The molecule has 4 rings (SSSR count). The zero-order valence-corrected chi connectivity index (χ0v) is 12.7. The van der Waals surface area contributed by atoms with Crippen LogP contribution in [0.4, 0.5) is 5.69 Å². The number of nitrogens with zero attached hydrogens (tertiary/aromatic N) is 2. The lowest BCUT2D eigenvalue weighted by Crippen LogP contribution is -2.32. The maximum Gasteiger partial charge on any atom is 0.231 e. The molecule has 0 aliphatic carbocycles. The van der Waals surface area contributed by atoms with Crippen molar-refractivity contribution in [2.75, 3.05) is 24.5 Å². The minimum Gasteiger partial charge on any atom is -0.465 e. The molecule has 2 fully saturated rings. The Morgan fingerprint density at radius 1 is 1.09 bits per heavy atom. The predicted octanol–water partition coefficient (Wildman–Crippen LogP) is 2.68. The van der Waals surface area contributed by atoms with Crippen LogP contribution in [0.3, 0.4) is 0 Å². The molecule has 0 bridgehead atoms. The monoisotopic (exact) mass is 296 g/mol. The third-order valence-electron chi connectivity index (χ3n) is 4.76. The molecule has 2 saturated heterocycles. The first-order chi connectivity index (χ1) is 10.7. The van der Waals surface area contributed by atoms with E-state index >= 15 is 0 Å². The summed E-state index contributed by atoms with van der Waals surface area (Å²) in [5.74, 6) is 2.78. The normalized spacial score (nSPS) is 25.0. The van der Waals surface area contributed by atoms with Gasteiger partial charge in [-0.05, 0) is 31.2 Å². The number of likely N-dealkylation sites (tertiary alicyclic amines) is 1. The van der Waals surface area contributed by atoms with E-state index < -0.39 is 0 Å². The molecule has 0 spiro atoms. The number of aryl methyl sites for hydroxylation is 1. The second-order valence-corrected chi connectivity index (χ2v) is 6.36. The van der Waals surface area contributed by atoms with Crippen LogP contribution in [-0.2, 0) is 11.3 Å². The van der Waals surface area contributed by atoms with E-state index in [0.717, 1.165) is 43.4 Å². The molecule has 2 aliphatic heterocycles. The van der Waals surface area contributed by atoms with Crippen LogP contribution < -0.4 is 4.90 Å². The topological polar surface area (TPSA) is 36.7 Å². The number of anilines is 1. The fraction of sp³-hybridized carbons (Fsp3) is 0.389. The average Bonchev–Trinajstić information content (AvgIpc) is 3.18. The van der Waals surface area contributed by atoms with Crippen molar-refractivity contribution in [2.45, 2.75) is 13.5 Å². The third-order valence-corrected chi connectivity index (χ3v) is 4.76. The molecule has 1 amide bonds. The van der Waals surface area contributed by atoms with E-state index in [1.54, 1.807) is 0 Å². The lowest BCUT2D eigenvalue weighted by Gasteiger charge is -2.21. The van der Waals surface area contributed by atoms with Crippen LogP contribution in [-0.4, -0.2) is 30.4 Å². The summed E-state index contributed by atoms with van der Waals surface area (Å²) in [6.45, 7) is 5.41. The first-order valence-corrected chi connectivity index (χ1v) is 7.85. The molecule has 2 atom stereocenters. The third kappa shape index (κ3) is 2.33. The Morgan fingerprint density at radius 2 is 1.91 bits per heavy atom. The fourth-order valence-corrected chi connectivity index (χ4v) is 3.71. The van der Waals surface area contributed by atoms with E-state index in [0.29, 0.717) is 5.92 Å². The van der Waals surface area contributed by atoms with Gasteiger partial charge in [0.05, 0.1) is 12.5 Å². The number of para-hydroxylation sites is 1. The summed E-state index contributed by atoms with van der Waals surface area (Å²) in [5, 5.41) is 0. The molecule has 0 N–H and O–H groups in total. The van der Waals surface area contributed by atoms with E-state index in [4.69, 9.17) is 4.42 Å². The SMILES string of the molecule is Cc1ccc(CN2CC3CN(c4ccccc4)C(=O)C3C2)o1. The Hall–Kier alpha value is -2.07. The van der Waals surface area contributed by atoms with E-state index in [1.807, 2.05) is 54.3 Å². The molecule has 3 heterocycles. The minimum absolute atomic E-state index is 0.135. The molecule has 1 aromatic heterocycles. The summed E-state index contributed by atoms with van der Waals surface area (Å²) in [6, 6.07) is 14.0. The number of carbonyl (C=O) groups excluding carboxylic acids is 1. The number of fused-ring (bicyclic) bond motifs is 1. The fourth-order valence-electron chi connectivity index (χ4n) is 3.71. The van der Waals surface area contributed by atoms with Gasteiger partial charge < -0.3 is 9.32 Å². The summed E-state index contributed by atoms with van der Waals surface area (Å²) < 4.78 is 5.65. The van der Waals surface area contributed by atoms with Gasteiger partial charge >= 0.3 is 0 Å². The lowest BCUT2D eigenvalue weighted by atomic mass is 10.0. The van der Waals surface area contributed by atoms with Crippen LogP contribution in [0.25, 0.3) is 0 Å². The van der Waals surface area contributed by atoms with Crippen LogP contribution in [0.15, 0.2) is 46.9 Å². The molecule has 0 saturated carbocycles. The molecular weight excluding hydrogens is 276 g/mol. The van der Waals surface area contributed by atoms with Crippen molar-refractivity contribution >= 4 is 11.6 Å². The van der Waals surface area contributed by atoms with Crippen LogP contribution in [0, 0.1) is 18.8 Å². The van der Waals surface area contributed by atoms with Crippen LogP contribution in [0.1, 0.15) is 11.5 Å². The van der Waals surface area contributed by atoms with Gasteiger partial charge in [0.15, 0.2) is 0 Å². The minimum atomic E-state index is 0.135. The molecule has 2 unspecified atom stereocenters. The molecule has 1 aromatic carbocycles. The second-order valence-electron chi connectivity index (χ2n) is 6.36. The predicted molar refractivity (Wildman–Crippen MR) is 84.5 cm³/mol. The Balaban J connectivity index is 1.44. The van der Waals surface area contributed by atoms with Crippen molar-refractivity contribution in [3.63, 3.8) is 0 Å². The molecule has 4 heteroatoms. The van der Waals surface area contributed by atoms with Gasteiger partial charge in [0, 0.05) is 31.2 Å². The number of hydrogen-bond acceptors (Lipinski definition) is 3. The Kier molecular flexibility index (Phi) is 3.26. The molecule has 0 radical (unpaired) electrons. The molecule has 2 aromatic rings. The van der Waals surface area contributed by atoms with Gasteiger partial charge in [-0.3, -0.25) is 9.69 Å². The summed E-state index contributed by atoms with van der Waals surface area (Å²) in [4.78, 5) is 17.0. The quantitative estimate of drug-likeness (QED) is 0.874. The Labute approximate surface area is 130 Å². The van der Waals surface area contributed by atoms with Gasteiger partial charge in [-0.2, -0.15) is 0 Å². The van der Waals surface area contributed by atoms with Gasteiger partial charge in [-0.15, -0.1) is 0 Å². The highest BCUT2D eigenvalue weighted by Gasteiger charge is 2.46. The number of carbonyl (C=O) groups is 1. The summed E-state index contributed by atoms with van der Waals surface area (Å²) >= 11 is 0. The van der Waals surface area contributed by atoms with Crippen molar-refractivity contribution in [2.24, 2.45) is 11.8 Å². The van der Waals surface area contributed by atoms with Crippen molar-refractivity contribution in [1.29, 1.82) is 0 Å². The number of benzene rings is 1. The smallest absolute Gasteiger partial charge is 0.231 e. The zero-order valence-electron chi connectivity index (χ0n) is 12.7. The van der Waals surface area contributed by atoms with Crippen molar-refractivity contribution in [3.05, 3.63) is 54.0 Å². The maximum absolute atomic E-state index is 12.7. The highest BCUT2D eigenvalue weighted by Crippen LogP contribution is 2.35. The average molecular weight is 296 g/mol. The van der Waals surface area contributed by atoms with Crippen LogP contribution in [0.5, 0.6) is 0 Å². The highest BCUT2D eigenvalue weighted by atomic mass is 16.3. The number of rotatable bonds is 3. The molecule has 2 aliphatic rings. The Bertz CT molecular complexity index is 679. The summed E-state index contributed by atoms with van der Waals surface area (Å²) in [6.07, 6.45) is 0. The zero-order chi connectivity index (χ0) is 15.1. The van der Waals surface area contributed by atoms with Crippen LogP contribution >= 0.6 is 0 Å². The van der Waals surface area contributed by atoms with Gasteiger partial charge in [-0.1, -0.05) is 18.2 Å². The van der Waals surface area contributed by atoms with Gasteiger partial charge in [-0.25, -0.2) is 0 Å². The van der Waals surface area contributed by atoms with Crippen molar-refractivity contribution in [3.8, 4) is 0 Å². The maximum atomic E-state index is 12.7. The van der Waals surface area contributed by atoms with Crippen molar-refractivity contribution < 1.29 is 9.21 Å². The molecule has 4 nitrogen and oxygen atoms in total. The van der Waals surface area contributed by atoms with Gasteiger partial charge in [0.25, 0.3) is 0 Å². The van der Waals surface area contributed by atoms with E-state index in [2.05, 4.69) is 4.90 Å². The van der Waals surface area contributed by atoms with Gasteiger partial charge in [0.2, 0.25) is 5.91 Å². The number of amides is 1. The highest BCUT2D eigenvalue weighted by molar-refractivity contribution is 5.98. The first-order valence-electron chi connectivity index (χ1n) is 7.85. The van der Waals surface area contributed by atoms with E-state index in [9.17, 15) is 4.79 Å². The largest absolute Gasteiger partial charge is 0.465 e. The number of furan rings is 1. The summed E-state index contributed by atoms with van der Waals surface area (Å²) in [5.41, 5.74) is 1.02. The van der Waals surface area contributed by atoms with E-state index in [1.165, 1.54) is 0 Å². The standard InChI is InChI=1S/C18H20N2O2/c1-13-7-8-16(22-13)11-19-9-14-10-20(18(21)17(14)12-19)15-5-3-2-4-6-15/h2-8,14,17H,9-12H2,1H3. The van der Waals surface area contributed by atoms with E-state index in [-0.39, 0.29) is 11.8 Å².